The second-order valence-electron chi connectivity index (χ2n) is 5.45. The number of likely N-dealkylation sites (N-methyl/N-ethyl adjacent to an activating group) is 1. The molecule has 0 spiro atoms. The topological polar surface area (TPSA) is 88.8 Å². The maximum absolute atomic E-state index is 12.5. The van der Waals surface area contributed by atoms with E-state index < -0.39 is 11.4 Å². The number of aromatic carboxylic acids is 1. The Bertz CT molecular complexity index is 693. The van der Waals surface area contributed by atoms with E-state index in [9.17, 15) is 19.5 Å². The number of nitrogens with zero attached hydrogens (tertiary/aromatic N) is 2. The molecule has 7 nitrogen and oxygen atoms in total. The van der Waals surface area contributed by atoms with Crippen molar-refractivity contribution in [2.75, 3.05) is 14.2 Å². The van der Waals surface area contributed by atoms with E-state index in [4.69, 9.17) is 4.74 Å². The lowest BCUT2D eigenvalue weighted by molar-refractivity contribution is 0.0608. The Labute approximate surface area is 120 Å². The number of pyridine rings is 1. The van der Waals surface area contributed by atoms with Gasteiger partial charge in [-0.3, -0.25) is 9.59 Å². The summed E-state index contributed by atoms with van der Waals surface area (Å²) in [4.78, 5) is 37.6. The first kappa shape index (κ1) is 13.7. The first-order valence-corrected chi connectivity index (χ1v) is 6.81. The van der Waals surface area contributed by atoms with Crippen LogP contribution in [-0.2, 0) is 0 Å². The fraction of sp³-hybridized carbons (Fsp3) is 0.500. The van der Waals surface area contributed by atoms with Gasteiger partial charge in [0.05, 0.1) is 19.2 Å². The van der Waals surface area contributed by atoms with E-state index in [0.29, 0.717) is 0 Å². The number of carbonyl (C=O) groups excluding carboxylic acids is 1. The lowest BCUT2D eigenvalue weighted by atomic mass is 10.0. The zero-order valence-electron chi connectivity index (χ0n) is 11.8. The van der Waals surface area contributed by atoms with Crippen LogP contribution in [0.3, 0.4) is 0 Å². The van der Waals surface area contributed by atoms with Gasteiger partial charge in [0.2, 0.25) is 5.43 Å². The quantitative estimate of drug-likeness (QED) is 0.868. The number of carbonyl (C=O) groups is 2. The van der Waals surface area contributed by atoms with Gasteiger partial charge < -0.3 is 19.3 Å². The van der Waals surface area contributed by atoms with Crippen LogP contribution < -0.4 is 10.2 Å². The van der Waals surface area contributed by atoms with Gasteiger partial charge in [-0.1, -0.05) is 0 Å². The molecule has 1 saturated carbocycles. The smallest absolute Gasteiger partial charge is 0.341 e. The average Bonchev–Trinajstić information content (AvgIpc) is 2.93. The molecule has 0 bridgehead atoms. The molecule has 0 aromatic carbocycles. The Morgan fingerprint density at radius 2 is 2.00 bits per heavy atom. The van der Waals surface area contributed by atoms with Crippen LogP contribution in [0.5, 0.6) is 5.75 Å². The first-order chi connectivity index (χ1) is 9.97. The molecule has 0 unspecified atom stereocenters. The summed E-state index contributed by atoms with van der Waals surface area (Å²) in [5.41, 5.74) is -0.966. The highest BCUT2D eigenvalue weighted by molar-refractivity contribution is 5.98. The molecule has 1 aliphatic heterocycles. The van der Waals surface area contributed by atoms with E-state index in [1.165, 1.54) is 13.3 Å². The highest BCUT2D eigenvalue weighted by Gasteiger charge is 2.42. The second-order valence-corrected chi connectivity index (χ2v) is 5.45. The largest absolute Gasteiger partial charge is 0.491 e. The normalized spacial score (nSPS) is 23.7. The van der Waals surface area contributed by atoms with E-state index in [1.54, 1.807) is 16.5 Å². The summed E-state index contributed by atoms with van der Waals surface area (Å²) in [6.07, 6.45) is 3.98. The zero-order valence-corrected chi connectivity index (χ0v) is 11.8. The summed E-state index contributed by atoms with van der Waals surface area (Å²) < 4.78 is 6.69. The molecule has 112 valence electrons. The molecule has 1 amide bonds. The van der Waals surface area contributed by atoms with Crippen molar-refractivity contribution in [1.82, 2.24) is 9.47 Å². The maximum Gasteiger partial charge on any atom is 0.341 e. The number of ether oxygens (including phenoxy) is 1. The van der Waals surface area contributed by atoms with Gasteiger partial charge in [-0.25, -0.2) is 4.79 Å². The summed E-state index contributed by atoms with van der Waals surface area (Å²) in [5.74, 6) is -1.80. The van der Waals surface area contributed by atoms with Crippen LogP contribution in [0.2, 0.25) is 0 Å². The SMILES string of the molecule is COc1c2n(cc(C(=O)O)c1=O)[C@@H]1CCC[C@H]1N(C)C2=O. The summed E-state index contributed by atoms with van der Waals surface area (Å²) in [7, 11) is 2.99. The lowest BCUT2D eigenvalue weighted by Crippen LogP contribution is -2.48. The van der Waals surface area contributed by atoms with Crippen LogP contribution in [0.1, 0.15) is 46.2 Å². The molecule has 7 heteroatoms. The van der Waals surface area contributed by atoms with E-state index in [1.807, 2.05) is 0 Å². The monoisotopic (exact) mass is 292 g/mol. The van der Waals surface area contributed by atoms with Crippen LogP contribution >= 0.6 is 0 Å². The van der Waals surface area contributed by atoms with Crippen molar-refractivity contribution in [3.05, 3.63) is 27.7 Å². The van der Waals surface area contributed by atoms with Gasteiger partial charge >= 0.3 is 5.97 Å². The molecule has 3 rings (SSSR count). The van der Waals surface area contributed by atoms with Crippen molar-refractivity contribution < 1.29 is 19.4 Å². The van der Waals surface area contributed by atoms with Crippen molar-refractivity contribution >= 4 is 11.9 Å². The van der Waals surface area contributed by atoms with Gasteiger partial charge in [0, 0.05) is 13.2 Å². The molecule has 1 N–H and O–H groups in total. The molecule has 21 heavy (non-hydrogen) atoms. The number of amides is 1. The van der Waals surface area contributed by atoms with Crippen molar-refractivity contribution in [3.8, 4) is 5.75 Å². The van der Waals surface area contributed by atoms with Crippen molar-refractivity contribution in [2.24, 2.45) is 0 Å². The fourth-order valence-electron chi connectivity index (χ4n) is 3.43. The number of hydrogen-bond acceptors (Lipinski definition) is 4. The highest BCUT2D eigenvalue weighted by Crippen LogP contribution is 2.39. The van der Waals surface area contributed by atoms with Crippen molar-refractivity contribution in [1.29, 1.82) is 0 Å². The molecule has 0 saturated heterocycles. The molecule has 2 atom stereocenters. The molecule has 1 aliphatic carbocycles. The van der Waals surface area contributed by atoms with E-state index in [2.05, 4.69) is 0 Å². The molecule has 2 heterocycles. The summed E-state index contributed by atoms with van der Waals surface area (Å²) in [5, 5.41) is 9.18. The third-order valence-corrected chi connectivity index (χ3v) is 4.45. The third kappa shape index (κ3) is 1.76. The predicted octanol–water partition coefficient (Wildman–Crippen LogP) is 0.734. The minimum Gasteiger partial charge on any atom is -0.491 e. The van der Waals surface area contributed by atoms with Crippen LogP contribution in [0, 0.1) is 0 Å². The summed E-state index contributed by atoms with van der Waals surface area (Å²) in [6, 6.07) is 0.0363. The summed E-state index contributed by atoms with van der Waals surface area (Å²) in [6.45, 7) is 0. The van der Waals surface area contributed by atoms with Crippen molar-refractivity contribution in [3.63, 3.8) is 0 Å². The Balaban J connectivity index is 2.33. The molecular weight excluding hydrogens is 276 g/mol. The highest BCUT2D eigenvalue weighted by atomic mass is 16.5. The number of aromatic nitrogens is 1. The standard InChI is InChI=1S/C14H16N2O5/c1-15-8-4-3-5-9(8)16-6-7(14(19)20)11(17)12(21-2)10(16)13(15)18/h6,8-9H,3-5H2,1-2H3,(H,19,20)/t8-,9-/m1/s1. The van der Waals surface area contributed by atoms with Gasteiger partial charge in [-0.2, -0.15) is 0 Å². The minimum atomic E-state index is -1.31. The molecule has 1 aromatic heterocycles. The number of carboxylic acids is 1. The Kier molecular flexibility index (Phi) is 3.00. The third-order valence-electron chi connectivity index (χ3n) is 4.45. The molecule has 1 fully saturated rings. The predicted molar refractivity (Wildman–Crippen MR) is 73.0 cm³/mol. The Morgan fingerprint density at radius 1 is 1.33 bits per heavy atom. The number of methoxy groups -OCH3 is 1. The van der Waals surface area contributed by atoms with Crippen LogP contribution in [-0.4, -0.2) is 46.6 Å². The van der Waals surface area contributed by atoms with Gasteiger partial charge in [-0.05, 0) is 19.3 Å². The number of carboxylic acid groups (broad SMARTS) is 1. The van der Waals surface area contributed by atoms with E-state index >= 15 is 0 Å². The zero-order chi connectivity index (χ0) is 15.3. The second kappa shape index (κ2) is 4.61. The Hall–Kier alpha value is -2.31. The minimum absolute atomic E-state index is 0.00435. The average molecular weight is 292 g/mol. The van der Waals surface area contributed by atoms with Gasteiger partial charge in [-0.15, -0.1) is 0 Å². The lowest BCUT2D eigenvalue weighted by Gasteiger charge is -2.38. The van der Waals surface area contributed by atoms with E-state index in [0.717, 1.165) is 19.3 Å². The maximum atomic E-state index is 12.5. The molecular formula is C14H16N2O5. The van der Waals surface area contributed by atoms with Gasteiger partial charge in [0.1, 0.15) is 5.56 Å². The number of hydrogen-bond donors (Lipinski definition) is 1. The Morgan fingerprint density at radius 3 is 2.62 bits per heavy atom. The molecule has 0 radical (unpaired) electrons. The van der Waals surface area contributed by atoms with Crippen LogP contribution in [0.15, 0.2) is 11.0 Å². The van der Waals surface area contributed by atoms with Gasteiger partial charge in [0.25, 0.3) is 5.91 Å². The fourth-order valence-corrected chi connectivity index (χ4v) is 3.43. The molecule has 2 aliphatic rings. The van der Waals surface area contributed by atoms with Crippen LogP contribution in [0.4, 0.5) is 0 Å². The summed E-state index contributed by atoms with van der Waals surface area (Å²) >= 11 is 0. The van der Waals surface area contributed by atoms with Crippen LogP contribution in [0.25, 0.3) is 0 Å². The van der Waals surface area contributed by atoms with Crippen molar-refractivity contribution in [2.45, 2.75) is 31.3 Å². The number of rotatable bonds is 2. The molecule has 1 aromatic rings. The van der Waals surface area contributed by atoms with Gasteiger partial charge in [0.15, 0.2) is 11.4 Å². The number of fused-ring (bicyclic) bond motifs is 3. The first-order valence-electron chi connectivity index (χ1n) is 6.81. The van der Waals surface area contributed by atoms with E-state index in [-0.39, 0.29) is 35.0 Å².